The predicted octanol–water partition coefficient (Wildman–Crippen LogP) is 3.73. The van der Waals surface area contributed by atoms with Crippen molar-refractivity contribution in [1.29, 1.82) is 0 Å². The molecule has 0 aromatic heterocycles. The molecule has 150 valence electrons. The normalized spacial score (nSPS) is 19.7. The zero-order valence-corrected chi connectivity index (χ0v) is 16.7. The molecule has 1 atom stereocenters. The molecule has 1 fully saturated rings. The number of carbonyl (C=O) groups excluding carboxylic acids is 2. The molecule has 0 radical (unpaired) electrons. The lowest BCUT2D eigenvalue weighted by Crippen LogP contribution is -2.54. The molecule has 2 aromatic carbocycles. The highest BCUT2D eigenvalue weighted by molar-refractivity contribution is 7.80. The van der Waals surface area contributed by atoms with Gasteiger partial charge in [-0.05, 0) is 53.7 Å². The number of anilines is 1. The summed E-state index contributed by atoms with van der Waals surface area (Å²) < 4.78 is 13.3. The number of amides is 2. The Bertz CT molecular complexity index is 1120. The number of nitrogens with zero attached hydrogens (tertiary/aromatic N) is 1. The van der Waals surface area contributed by atoms with Gasteiger partial charge in [-0.2, -0.15) is 0 Å². The van der Waals surface area contributed by atoms with Gasteiger partial charge in [0.1, 0.15) is 11.4 Å². The predicted molar refractivity (Wildman–Crippen MR) is 118 cm³/mol. The zero-order chi connectivity index (χ0) is 21.3. The van der Waals surface area contributed by atoms with Crippen LogP contribution in [0.3, 0.4) is 0 Å². The summed E-state index contributed by atoms with van der Waals surface area (Å²) in [6.45, 7) is 3.83. The van der Waals surface area contributed by atoms with Crippen molar-refractivity contribution in [2.24, 2.45) is 0 Å². The summed E-state index contributed by atoms with van der Waals surface area (Å²) in [4.78, 5) is 26.7. The van der Waals surface area contributed by atoms with Crippen molar-refractivity contribution in [1.82, 2.24) is 10.2 Å². The molecular formula is C23H18FN3O2S. The van der Waals surface area contributed by atoms with Crippen LogP contribution >= 0.6 is 12.2 Å². The van der Waals surface area contributed by atoms with Gasteiger partial charge in [0.15, 0.2) is 5.11 Å². The van der Waals surface area contributed by atoms with Crippen LogP contribution in [0.4, 0.5) is 10.1 Å². The summed E-state index contributed by atoms with van der Waals surface area (Å²) in [5, 5.41) is 6.02. The molecule has 1 saturated heterocycles. The van der Waals surface area contributed by atoms with E-state index in [-0.39, 0.29) is 29.1 Å². The van der Waals surface area contributed by atoms with Gasteiger partial charge in [0.2, 0.25) is 0 Å². The number of nitrogens with one attached hydrogen (secondary N) is 2. The molecule has 2 amide bonds. The average Bonchev–Trinajstić information content (AvgIpc) is 2.74. The summed E-state index contributed by atoms with van der Waals surface area (Å²) in [5.74, 6) is -1.33. The van der Waals surface area contributed by atoms with Crippen LogP contribution in [0.25, 0.3) is 5.57 Å². The number of fused-ring (bicyclic) bond motifs is 1. The van der Waals surface area contributed by atoms with E-state index >= 15 is 0 Å². The number of thiocarbonyl (C=S) groups is 1. The van der Waals surface area contributed by atoms with Crippen LogP contribution in [0.15, 0.2) is 78.9 Å². The van der Waals surface area contributed by atoms with Crippen LogP contribution in [-0.4, -0.2) is 28.4 Å². The van der Waals surface area contributed by atoms with Gasteiger partial charge < -0.3 is 5.32 Å². The van der Waals surface area contributed by atoms with E-state index in [1.54, 1.807) is 24.3 Å². The van der Waals surface area contributed by atoms with E-state index < -0.39 is 11.8 Å². The van der Waals surface area contributed by atoms with Crippen molar-refractivity contribution >= 4 is 40.4 Å². The number of halogens is 1. The molecule has 30 heavy (non-hydrogen) atoms. The first-order valence-corrected chi connectivity index (χ1v) is 9.71. The second-order valence-corrected chi connectivity index (χ2v) is 7.25. The Hall–Kier alpha value is -3.58. The largest absolute Gasteiger partial charge is 0.374 e. The van der Waals surface area contributed by atoms with Gasteiger partial charge in [-0.3, -0.25) is 19.8 Å². The third kappa shape index (κ3) is 3.67. The third-order valence-electron chi connectivity index (χ3n) is 4.92. The fraction of sp³-hybridized carbons (Fsp3) is 0.0870. The molecule has 2 N–H and O–H groups in total. The fourth-order valence-corrected chi connectivity index (χ4v) is 3.71. The molecule has 0 spiro atoms. The summed E-state index contributed by atoms with van der Waals surface area (Å²) in [6, 6.07) is 13.5. The Kier molecular flexibility index (Phi) is 5.29. The molecule has 0 aliphatic carbocycles. The minimum absolute atomic E-state index is 0.00809. The topological polar surface area (TPSA) is 61.4 Å². The molecule has 1 unspecified atom stereocenters. The summed E-state index contributed by atoms with van der Waals surface area (Å²) in [7, 11) is 0. The van der Waals surface area contributed by atoms with E-state index in [9.17, 15) is 14.0 Å². The maximum Gasteiger partial charge on any atom is 0.265 e. The SMILES string of the molecule is C=CCN1C(=O)C(=CC2=CC(c3ccc(F)cc3)Nc3ccccc32)C(=O)NC1=S. The monoisotopic (exact) mass is 419 g/mol. The number of hydrogen-bond donors (Lipinski definition) is 2. The van der Waals surface area contributed by atoms with Crippen molar-refractivity contribution in [3.05, 3.63) is 95.9 Å². The minimum Gasteiger partial charge on any atom is -0.374 e. The molecule has 2 aromatic rings. The van der Waals surface area contributed by atoms with Gasteiger partial charge in [-0.25, -0.2) is 4.39 Å². The van der Waals surface area contributed by atoms with Crippen LogP contribution in [0, 0.1) is 5.82 Å². The average molecular weight is 419 g/mol. The molecule has 7 heteroatoms. The second-order valence-electron chi connectivity index (χ2n) is 6.86. The number of rotatable bonds is 4. The lowest BCUT2D eigenvalue weighted by molar-refractivity contribution is -0.128. The van der Waals surface area contributed by atoms with Crippen molar-refractivity contribution in [2.75, 3.05) is 11.9 Å². The summed E-state index contributed by atoms with van der Waals surface area (Å²) >= 11 is 5.10. The van der Waals surface area contributed by atoms with Gasteiger partial charge in [-0.15, -0.1) is 6.58 Å². The third-order valence-corrected chi connectivity index (χ3v) is 5.24. The number of para-hydroxylation sites is 1. The Labute approximate surface area is 178 Å². The van der Waals surface area contributed by atoms with Gasteiger partial charge in [0.25, 0.3) is 11.8 Å². The van der Waals surface area contributed by atoms with Gasteiger partial charge in [0.05, 0.1) is 6.04 Å². The van der Waals surface area contributed by atoms with E-state index in [0.717, 1.165) is 16.8 Å². The number of allylic oxidation sites excluding steroid dienone is 2. The molecule has 2 aliphatic rings. The van der Waals surface area contributed by atoms with Crippen LogP contribution in [-0.2, 0) is 9.59 Å². The Morgan fingerprint density at radius 1 is 1.13 bits per heavy atom. The van der Waals surface area contributed by atoms with E-state index in [2.05, 4.69) is 17.2 Å². The molecule has 2 heterocycles. The lowest BCUT2D eigenvalue weighted by atomic mass is 9.92. The van der Waals surface area contributed by atoms with Crippen LogP contribution in [0.5, 0.6) is 0 Å². The van der Waals surface area contributed by atoms with E-state index in [1.807, 2.05) is 30.3 Å². The number of carbonyl (C=O) groups is 2. The fourth-order valence-electron chi connectivity index (χ4n) is 3.46. The van der Waals surface area contributed by atoms with E-state index in [1.165, 1.54) is 17.0 Å². The maximum absolute atomic E-state index is 13.3. The lowest BCUT2D eigenvalue weighted by Gasteiger charge is -2.29. The molecular weight excluding hydrogens is 401 g/mol. The summed E-state index contributed by atoms with van der Waals surface area (Å²) in [6.07, 6.45) is 5.03. The van der Waals surface area contributed by atoms with Gasteiger partial charge in [0, 0.05) is 17.8 Å². The number of benzene rings is 2. The minimum atomic E-state index is -0.541. The summed E-state index contributed by atoms with van der Waals surface area (Å²) in [5.41, 5.74) is 3.26. The van der Waals surface area contributed by atoms with Crippen LogP contribution < -0.4 is 10.6 Å². The number of hydrogen-bond acceptors (Lipinski definition) is 4. The second kappa shape index (κ2) is 8.04. The Morgan fingerprint density at radius 3 is 2.60 bits per heavy atom. The van der Waals surface area contributed by atoms with E-state index in [0.29, 0.717) is 5.57 Å². The molecule has 4 rings (SSSR count). The van der Waals surface area contributed by atoms with Crippen LogP contribution in [0.2, 0.25) is 0 Å². The standard InChI is InChI=1S/C23H18FN3O2S/c1-2-11-27-22(29)18(21(28)26-23(27)30)12-15-13-20(14-7-9-16(24)10-8-14)25-19-6-4-3-5-17(15)19/h2-10,12-13,20,25H,1,11H2,(H,26,28,30). The van der Waals surface area contributed by atoms with Crippen LogP contribution in [0.1, 0.15) is 17.2 Å². The van der Waals surface area contributed by atoms with Crippen molar-refractivity contribution in [3.63, 3.8) is 0 Å². The highest BCUT2D eigenvalue weighted by Crippen LogP contribution is 2.36. The highest BCUT2D eigenvalue weighted by atomic mass is 32.1. The smallest absolute Gasteiger partial charge is 0.265 e. The van der Waals surface area contributed by atoms with Crippen molar-refractivity contribution in [3.8, 4) is 0 Å². The Balaban J connectivity index is 1.78. The maximum atomic E-state index is 13.3. The first-order chi connectivity index (χ1) is 14.5. The van der Waals surface area contributed by atoms with Crippen molar-refractivity contribution < 1.29 is 14.0 Å². The first kappa shape index (κ1) is 19.7. The first-order valence-electron chi connectivity index (χ1n) is 9.31. The molecule has 0 bridgehead atoms. The van der Waals surface area contributed by atoms with E-state index in [4.69, 9.17) is 12.2 Å². The molecule has 2 aliphatic heterocycles. The molecule has 0 saturated carbocycles. The quantitative estimate of drug-likeness (QED) is 0.343. The van der Waals surface area contributed by atoms with Gasteiger partial charge >= 0.3 is 0 Å². The van der Waals surface area contributed by atoms with Gasteiger partial charge in [-0.1, -0.05) is 36.4 Å². The highest BCUT2D eigenvalue weighted by Gasteiger charge is 2.33. The van der Waals surface area contributed by atoms with Crippen molar-refractivity contribution in [2.45, 2.75) is 6.04 Å². The zero-order valence-electron chi connectivity index (χ0n) is 15.9. The molecule has 5 nitrogen and oxygen atoms in total. The Morgan fingerprint density at radius 2 is 1.87 bits per heavy atom.